The van der Waals surface area contributed by atoms with Crippen LogP contribution in [0.3, 0.4) is 0 Å². The average Bonchev–Trinajstić information content (AvgIpc) is 2.73. The normalized spacial score (nSPS) is 10.4. The standard InChI is InChI=1S/C21H23N5O/c1-3-15-8-7-9-16(4-2)19(15)26-20(27)18-11-13-23-21(25-18)24-14-17-10-5-6-12-22-17/h5-13H,3-4,14H2,1-2H3,(H,26,27)(H,23,24,25). The van der Waals surface area contributed by atoms with E-state index in [9.17, 15) is 4.79 Å². The lowest BCUT2D eigenvalue weighted by Crippen LogP contribution is -2.17. The van der Waals surface area contributed by atoms with Gasteiger partial charge in [-0.1, -0.05) is 38.1 Å². The third-order valence-electron chi connectivity index (χ3n) is 4.28. The minimum Gasteiger partial charge on any atom is -0.349 e. The van der Waals surface area contributed by atoms with Crippen LogP contribution in [0, 0.1) is 0 Å². The topological polar surface area (TPSA) is 79.8 Å². The monoisotopic (exact) mass is 361 g/mol. The zero-order chi connectivity index (χ0) is 19.1. The van der Waals surface area contributed by atoms with E-state index in [4.69, 9.17) is 0 Å². The van der Waals surface area contributed by atoms with Crippen LogP contribution in [0.2, 0.25) is 0 Å². The molecule has 0 saturated carbocycles. The van der Waals surface area contributed by atoms with Crippen molar-refractivity contribution in [2.75, 3.05) is 10.6 Å². The minimum absolute atomic E-state index is 0.242. The molecule has 0 atom stereocenters. The van der Waals surface area contributed by atoms with E-state index in [2.05, 4.69) is 39.4 Å². The number of benzene rings is 1. The lowest BCUT2D eigenvalue weighted by Gasteiger charge is -2.14. The van der Waals surface area contributed by atoms with E-state index in [0.717, 1.165) is 35.3 Å². The predicted octanol–water partition coefficient (Wildman–Crippen LogP) is 3.86. The molecule has 0 fully saturated rings. The maximum atomic E-state index is 12.7. The average molecular weight is 361 g/mol. The van der Waals surface area contributed by atoms with Gasteiger partial charge in [-0.3, -0.25) is 9.78 Å². The fourth-order valence-corrected chi connectivity index (χ4v) is 2.82. The Morgan fingerprint density at radius 3 is 2.37 bits per heavy atom. The van der Waals surface area contributed by atoms with Crippen LogP contribution in [0.1, 0.15) is 41.2 Å². The maximum absolute atomic E-state index is 12.7. The first kappa shape index (κ1) is 18.5. The zero-order valence-corrected chi connectivity index (χ0v) is 15.6. The number of nitrogens with zero attached hydrogens (tertiary/aromatic N) is 3. The molecule has 0 unspecified atom stereocenters. The van der Waals surface area contributed by atoms with E-state index in [1.54, 1.807) is 18.5 Å². The van der Waals surface area contributed by atoms with Crippen molar-refractivity contribution in [3.8, 4) is 0 Å². The van der Waals surface area contributed by atoms with Gasteiger partial charge in [0, 0.05) is 18.1 Å². The Morgan fingerprint density at radius 2 is 1.70 bits per heavy atom. The first-order valence-corrected chi connectivity index (χ1v) is 9.10. The van der Waals surface area contributed by atoms with Gasteiger partial charge in [-0.05, 0) is 42.2 Å². The van der Waals surface area contributed by atoms with Crippen molar-refractivity contribution in [3.05, 3.63) is 77.4 Å². The second kappa shape index (κ2) is 8.89. The summed E-state index contributed by atoms with van der Waals surface area (Å²) >= 11 is 0. The number of amides is 1. The molecule has 0 aliphatic carbocycles. The van der Waals surface area contributed by atoms with Crippen molar-refractivity contribution < 1.29 is 4.79 Å². The summed E-state index contributed by atoms with van der Waals surface area (Å²) in [5.41, 5.74) is 4.31. The number of aromatic nitrogens is 3. The molecule has 3 aromatic rings. The van der Waals surface area contributed by atoms with Crippen LogP contribution < -0.4 is 10.6 Å². The molecule has 0 saturated heterocycles. The number of nitrogens with one attached hydrogen (secondary N) is 2. The van der Waals surface area contributed by atoms with Gasteiger partial charge in [0.05, 0.1) is 12.2 Å². The van der Waals surface area contributed by atoms with E-state index in [1.807, 2.05) is 36.4 Å². The first-order valence-electron chi connectivity index (χ1n) is 9.10. The van der Waals surface area contributed by atoms with E-state index in [1.165, 1.54) is 0 Å². The molecule has 6 heteroatoms. The molecule has 0 spiro atoms. The van der Waals surface area contributed by atoms with E-state index >= 15 is 0 Å². The Bertz CT molecular complexity index is 889. The molecule has 2 N–H and O–H groups in total. The van der Waals surface area contributed by atoms with Crippen molar-refractivity contribution >= 4 is 17.5 Å². The lowest BCUT2D eigenvalue weighted by molar-refractivity contribution is 0.102. The van der Waals surface area contributed by atoms with Gasteiger partial charge in [0.1, 0.15) is 5.69 Å². The molecule has 6 nitrogen and oxygen atoms in total. The van der Waals surface area contributed by atoms with Crippen molar-refractivity contribution in [2.24, 2.45) is 0 Å². The molecule has 138 valence electrons. The van der Waals surface area contributed by atoms with Crippen LogP contribution in [-0.2, 0) is 19.4 Å². The summed E-state index contributed by atoms with van der Waals surface area (Å²) in [5, 5.41) is 6.13. The number of para-hydroxylation sites is 1. The maximum Gasteiger partial charge on any atom is 0.274 e. The van der Waals surface area contributed by atoms with Crippen LogP contribution in [-0.4, -0.2) is 20.9 Å². The Morgan fingerprint density at radius 1 is 0.926 bits per heavy atom. The van der Waals surface area contributed by atoms with Gasteiger partial charge in [0.25, 0.3) is 5.91 Å². The van der Waals surface area contributed by atoms with Gasteiger partial charge in [-0.25, -0.2) is 9.97 Å². The highest BCUT2D eigenvalue weighted by Crippen LogP contribution is 2.23. The second-order valence-corrected chi connectivity index (χ2v) is 6.05. The molecule has 1 aromatic carbocycles. The number of pyridine rings is 1. The summed E-state index contributed by atoms with van der Waals surface area (Å²) in [4.78, 5) is 25.5. The van der Waals surface area contributed by atoms with E-state index < -0.39 is 0 Å². The summed E-state index contributed by atoms with van der Waals surface area (Å²) in [5.74, 6) is 0.154. The summed E-state index contributed by atoms with van der Waals surface area (Å²) in [6.45, 7) is 4.65. The van der Waals surface area contributed by atoms with Gasteiger partial charge in [0.2, 0.25) is 5.95 Å². The second-order valence-electron chi connectivity index (χ2n) is 6.05. The molecule has 0 radical (unpaired) electrons. The van der Waals surface area contributed by atoms with Gasteiger partial charge >= 0.3 is 0 Å². The Balaban J connectivity index is 1.74. The summed E-state index contributed by atoms with van der Waals surface area (Å²) in [7, 11) is 0. The minimum atomic E-state index is -0.242. The van der Waals surface area contributed by atoms with Gasteiger partial charge in [-0.2, -0.15) is 0 Å². The van der Waals surface area contributed by atoms with Crippen molar-refractivity contribution in [3.63, 3.8) is 0 Å². The fraction of sp³-hybridized carbons (Fsp3) is 0.238. The molecule has 2 aromatic heterocycles. The quantitative estimate of drug-likeness (QED) is 0.668. The van der Waals surface area contributed by atoms with Crippen LogP contribution in [0.15, 0.2) is 54.9 Å². The number of carbonyl (C=O) groups excluding carboxylic acids is 1. The van der Waals surface area contributed by atoms with Gasteiger partial charge < -0.3 is 10.6 Å². The third-order valence-corrected chi connectivity index (χ3v) is 4.28. The first-order chi connectivity index (χ1) is 13.2. The Labute approximate surface area is 159 Å². The SMILES string of the molecule is CCc1cccc(CC)c1NC(=O)c1ccnc(NCc2ccccn2)n1. The molecule has 1 amide bonds. The molecule has 3 rings (SSSR count). The summed E-state index contributed by atoms with van der Waals surface area (Å²) in [6, 6.07) is 13.4. The van der Waals surface area contributed by atoms with E-state index in [0.29, 0.717) is 18.2 Å². The molecule has 0 aliphatic heterocycles. The molecule has 2 heterocycles. The number of carbonyl (C=O) groups is 1. The lowest BCUT2D eigenvalue weighted by atomic mass is 10.0. The number of anilines is 2. The predicted molar refractivity (Wildman–Crippen MR) is 107 cm³/mol. The zero-order valence-electron chi connectivity index (χ0n) is 15.6. The molecule has 0 aliphatic rings. The highest BCUT2D eigenvalue weighted by atomic mass is 16.1. The fourth-order valence-electron chi connectivity index (χ4n) is 2.82. The van der Waals surface area contributed by atoms with Crippen LogP contribution >= 0.6 is 0 Å². The Kier molecular flexibility index (Phi) is 6.10. The number of rotatable bonds is 7. The highest BCUT2D eigenvalue weighted by molar-refractivity contribution is 6.03. The summed E-state index contributed by atoms with van der Waals surface area (Å²) < 4.78 is 0. The van der Waals surface area contributed by atoms with E-state index in [-0.39, 0.29) is 5.91 Å². The number of aryl methyl sites for hydroxylation is 2. The molecule has 27 heavy (non-hydrogen) atoms. The van der Waals surface area contributed by atoms with Crippen molar-refractivity contribution in [1.82, 2.24) is 15.0 Å². The highest BCUT2D eigenvalue weighted by Gasteiger charge is 2.13. The van der Waals surface area contributed by atoms with Crippen LogP contribution in [0.5, 0.6) is 0 Å². The van der Waals surface area contributed by atoms with Crippen molar-refractivity contribution in [2.45, 2.75) is 33.2 Å². The van der Waals surface area contributed by atoms with Gasteiger partial charge in [-0.15, -0.1) is 0 Å². The summed E-state index contributed by atoms with van der Waals surface area (Å²) in [6.07, 6.45) is 5.02. The largest absolute Gasteiger partial charge is 0.349 e. The van der Waals surface area contributed by atoms with Crippen LogP contribution in [0.4, 0.5) is 11.6 Å². The molecular formula is C21H23N5O. The van der Waals surface area contributed by atoms with Crippen molar-refractivity contribution in [1.29, 1.82) is 0 Å². The van der Waals surface area contributed by atoms with Crippen LogP contribution in [0.25, 0.3) is 0 Å². The Hall–Kier alpha value is -3.28. The number of hydrogen-bond donors (Lipinski definition) is 2. The van der Waals surface area contributed by atoms with Gasteiger partial charge in [0.15, 0.2) is 0 Å². The number of hydrogen-bond acceptors (Lipinski definition) is 5. The third kappa shape index (κ3) is 4.67. The molecule has 0 bridgehead atoms. The molecular weight excluding hydrogens is 338 g/mol. The smallest absolute Gasteiger partial charge is 0.274 e.